The normalized spacial score (nSPS) is 19.7. The molecule has 0 bridgehead atoms. The van der Waals surface area contributed by atoms with E-state index in [1.54, 1.807) is 24.8 Å². The van der Waals surface area contributed by atoms with Gasteiger partial charge < -0.3 is 5.32 Å². The molecule has 106 valence electrons. The van der Waals surface area contributed by atoms with Gasteiger partial charge in [-0.15, -0.1) is 0 Å². The molecule has 0 unspecified atom stereocenters. The zero-order valence-electron chi connectivity index (χ0n) is 11.0. The van der Waals surface area contributed by atoms with Crippen LogP contribution in [0, 0.1) is 5.82 Å². The van der Waals surface area contributed by atoms with Gasteiger partial charge in [0.15, 0.2) is 0 Å². The van der Waals surface area contributed by atoms with Crippen molar-refractivity contribution in [1.82, 2.24) is 15.5 Å². The van der Waals surface area contributed by atoms with Crippen molar-refractivity contribution >= 4 is 29.2 Å². The van der Waals surface area contributed by atoms with Gasteiger partial charge in [-0.25, -0.2) is 9.38 Å². The second-order valence-corrected chi connectivity index (χ2v) is 4.87. The highest BCUT2D eigenvalue weighted by Crippen LogP contribution is 2.31. The Hall–Kier alpha value is -2.40. The Kier molecular flexibility index (Phi) is 3.83. The molecule has 0 radical (unpaired) electrons. The number of aromatic amines is 1. The van der Waals surface area contributed by atoms with Gasteiger partial charge in [0.1, 0.15) is 5.82 Å². The zero-order valence-corrected chi connectivity index (χ0v) is 11.7. The summed E-state index contributed by atoms with van der Waals surface area (Å²) in [5, 5.41) is 10.4. The maximum Gasteiger partial charge on any atom is 0.124 e. The van der Waals surface area contributed by atoms with E-state index in [9.17, 15) is 4.39 Å². The molecule has 1 aromatic carbocycles. The molecule has 6 heteroatoms. The van der Waals surface area contributed by atoms with Gasteiger partial charge in [-0.05, 0) is 30.7 Å². The summed E-state index contributed by atoms with van der Waals surface area (Å²) < 4.78 is 13.3. The minimum atomic E-state index is -0.369. The molecule has 3 rings (SSSR count). The number of hydrogen-bond acceptors (Lipinski definition) is 3. The fraction of sp³-hybridized carbons (Fsp3) is 0.0667. The predicted octanol–water partition coefficient (Wildman–Crippen LogP) is 3.61. The maximum absolute atomic E-state index is 13.3. The molecule has 2 aromatic rings. The van der Waals surface area contributed by atoms with Crippen LogP contribution in [0.3, 0.4) is 0 Å². The summed E-state index contributed by atoms with van der Waals surface area (Å²) in [6.07, 6.45) is 7.55. The Labute approximate surface area is 126 Å². The van der Waals surface area contributed by atoms with E-state index in [1.807, 2.05) is 12.1 Å². The van der Waals surface area contributed by atoms with Crippen LogP contribution in [0.1, 0.15) is 17.7 Å². The molecule has 4 nitrogen and oxygen atoms in total. The lowest BCUT2D eigenvalue weighted by Gasteiger charge is -2.16. The molecule has 2 heterocycles. The number of nitrogens with zero attached hydrogens (tertiary/aromatic N) is 2. The van der Waals surface area contributed by atoms with Gasteiger partial charge >= 0.3 is 0 Å². The summed E-state index contributed by atoms with van der Waals surface area (Å²) in [5.74, 6) is -0.369. The molecular formula is C15H12ClFN4. The Bertz CT molecular complexity index is 732. The monoisotopic (exact) mass is 302 g/mol. The number of halogens is 2. The molecule has 0 aliphatic carbocycles. The average molecular weight is 303 g/mol. The maximum atomic E-state index is 13.3. The minimum absolute atomic E-state index is 0.340. The number of rotatable bonds is 2. The SMILES string of the molecule is Fc1ccc(/C2=C(\c3ccn[nH]3)C/C=C\N=CN2)c(Cl)c1. The molecule has 21 heavy (non-hydrogen) atoms. The summed E-state index contributed by atoms with van der Waals surface area (Å²) in [6, 6.07) is 6.20. The van der Waals surface area contributed by atoms with E-state index in [1.165, 1.54) is 12.1 Å². The molecule has 0 atom stereocenters. The number of hydrogen-bond donors (Lipinski definition) is 2. The number of H-pyrrole nitrogens is 1. The van der Waals surface area contributed by atoms with E-state index in [0.717, 1.165) is 17.0 Å². The van der Waals surface area contributed by atoms with E-state index in [2.05, 4.69) is 20.5 Å². The Morgan fingerprint density at radius 3 is 2.90 bits per heavy atom. The van der Waals surface area contributed by atoms with Gasteiger partial charge in [0, 0.05) is 23.5 Å². The number of allylic oxidation sites excluding steroid dienone is 2. The van der Waals surface area contributed by atoms with Crippen LogP contribution in [0.4, 0.5) is 4.39 Å². The molecule has 1 aliphatic heterocycles. The fourth-order valence-electron chi connectivity index (χ4n) is 2.17. The lowest BCUT2D eigenvalue weighted by atomic mass is 10.0. The van der Waals surface area contributed by atoms with E-state index >= 15 is 0 Å². The largest absolute Gasteiger partial charge is 0.346 e. The van der Waals surface area contributed by atoms with Crippen LogP contribution in [-0.2, 0) is 0 Å². The van der Waals surface area contributed by atoms with Gasteiger partial charge in [0.25, 0.3) is 0 Å². The first-order chi connectivity index (χ1) is 10.3. The number of benzene rings is 1. The number of nitrogens with one attached hydrogen (secondary N) is 2. The van der Waals surface area contributed by atoms with Gasteiger partial charge in [0.05, 0.1) is 22.8 Å². The topological polar surface area (TPSA) is 53.1 Å². The summed E-state index contributed by atoms with van der Waals surface area (Å²) >= 11 is 6.18. The highest BCUT2D eigenvalue weighted by Gasteiger charge is 2.15. The third-order valence-corrected chi connectivity index (χ3v) is 3.44. The highest BCUT2D eigenvalue weighted by molar-refractivity contribution is 6.32. The van der Waals surface area contributed by atoms with Crippen LogP contribution in [0.15, 0.2) is 47.7 Å². The first kappa shape index (κ1) is 13.6. The van der Waals surface area contributed by atoms with E-state index < -0.39 is 0 Å². The Balaban J connectivity index is 2.18. The first-order valence-corrected chi connectivity index (χ1v) is 6.75. The lowest BCUT2D eigenvalue weighted by Crippen LogP contribution is -2.13. The summed E-state index contributed by atoms with van der Waals surface area (Å²) in [5.41, 5.74) is 3.34. The van der Waals surface area contributed by atoms with Crippen molar-refractivity contribution in [2.24, 2.45) is 4.99 Å². The molecule has 0 fully saturated rings. The van der Waals surface area contributed by atoms with E-state index in [0.29, 0.717) is 17.0 Å². The van der Waals surface area contributed by atoms with Crippen LogP contribution in [-0.4, -0.2) is 16.5 Å². The number of aromatic nitrogens is 2. The summed E-state index contributed by atoms with van der Waals surface area (Å²) in [7, 11) is 0. The van der Waals surface area contributed by atoms with Crippen molar-refractivity contribution in [3.63, 3.8) is 0 Å². The minimum Gasteiger partial charge on any atom is -0.346 e. The second-order valence-electron chi connectivity index (χ2n) is 4.46. The van der Waals surface area contributed by atoms with Crippen LogP contribution in [0.2, 0.25) is 5.02 Å². The smallest absolute Gasteiger partial charge is 0.124 e. The molecule has 0 spiro atoms. The van der Waals surface area contributed by atoms with Crippen LogP contribution in [0.5, 0.6) is 0 Å². The van der Waals surface area contributed by atoms with Crippen LogP contribution >= 0.6 is 11.6 Å². The van der Waals surface area contributed by atoms with Gasteiger partial charge in [-0.2, -0.15) is 5.10 Å². The number of aliphatic imine (C=N–C) groups is 1. The van der Waals surface area contributed by atoms with Gasteiger partial charge in [-0.3, -0.25) is 5.10 Å². The van der Waals surface area contributed by atoms with E-state index in [4.69, 9.17) is 11.6 Å². The fourth-order valence-corrected chi connectivity index (χ4v) is 2.43. The standard InChI is InChI=1S/C15H12ClFN4/c16-13-8-10(17)3-4-11(13)15-12(14-5-7-20-21-14)2-1-6-18-9-19-15/h1,3-9H,2H2,(H,18,19)(H,20,21)/b6-1-,15-12+. The molecule has 1 aromatic heterocycles. The first-order valence-electron chi connectivity index (χ1n) is 6.37. The van der Waals surface area contributed by atoms with E-state index in [-0.39, 0.29) is 5.82 Å². The third kappa shape index (κ3) is 2.87. The van der Waals surface area contributed by atoms with Crippen molar-refractivity contribution in [1.29, 1.82) is 0 Å². The molecule has 2 N–H and O–H groups in total. The van der Waals surface area contributed by atoms with Crippen molar-refractivity contribution in [2.45, 2.75) is 6.42 Å². The quantitative estimate of drug-likeness (QED) is 0.890. The van der Waals surface area contributed by atoms with Crippen molar-refractivity contribution in [3.05, 3.63) is 64.8 Å². The van der Waals surface area contributed by atoms with Crippen molar-refractivity contribution < 1.29 is 4.39 Å². The second kappa shape index (κ2) is 5.93. The lowest BCUT2D eigenvalue weighted by molar-refractivity contribution is 0.628. The molecule has 0 saturated carbocycles. The molecular weight excluding hydrogens is 291 g/mol. The average Bonchev–Trinajstić information content (AvgIpc) is 2.94. The van der Waals surface area contributed by atoms with Gasteiger partial charge in [0.2, 0.25) is 0 Å². The van der Waals surface area contributed by atoms with Gasteiger partial charge in [-0.1, -0.05) is 17.7 Å². The van der Waals surface area contributed by atoms with Crippen LogP contribution in [0.25, 0.3) is 11.3 Å². The van der Waals surface area contributed by atoms with Crippen LogP contribution < -0.4 is 5.32 Å². The molecule has 1 aliphatic rings. The van der Waals surface area contributed by atoms with Crippen molar-refractivity contribution in [2.75, 3.05) is 0 Å². The zero-order chi connectivity index (χ0) is 14.7. The summed E-state index contributed by atoms with van der Waals surface area (Å²) in [4.78, 5) is 4.08. The third-order valence-electron chi connectivity index (χ3n) is 3.12. The molecule has 0 saturated heterocycles. The Morgan fingerprint density at radius 2 is 2.14 bits per heavy atom. The molecule has 0 amide bonds. The highest BCUT2D eigenvalue weighted by atomic mass is 35.5. The summed E-state index contributed by atoms with van der Waals surface area (Å²) in [6.45, 7) is 0. The predicted molar refractivity (Wildman–Crippen MR) is 82.2 cm³/mol. The van der Waals surface area contributed by atoms with Crippen molar-refractivity contribution in [3.8, 4) is 0 Å². The Morgan fingerprint density at radius 1 is 1.24 bits per heavy atom.